The van der Waals surface area contributed by atoms with Crippen molar-refractivity contribution in [2.24, 2.45) is 0 Å². The van der Waals surface area contributed by atoms with Gasteiger partial charge >= 0.3 is 5.97 Å². The smallest absolute Gasteiger partial charge is 0.337 e. The highest BCUT2D eigenvalue weighted by atomic mass is 35.5. The predicted octanol–water partition coefficient (Wildman–Crippen LogP) is 2.19. The number of rotatable bonds is 4. The van der Waals surface area contributed by atoms with Crippen molar-refractivity contribution in [1.29, 1.82) is 0 Å². The number of anilines is 1. The molecule has 0 spiro atoms. The van der Waals surface area contributed by atoms with Crippen LogP contribution in [-0.2, 0) is 16.1 Å². The van der Waals surface area contributed by atoms with Gasteiger partial charge in [-0.25, -0.2) is 9.78 Å². The molecule has 0 bridgehead atoms. The number of methoxy groups -OCH3 is 1. The Morgan fingerprint density at radius 1 is 1.10 bits per heavy atom. The molecule has 2 heterocycles. The van der Waals surface area contributed by atoms with Crippen LogP contribution in [0.1, 0.15) is 10.4 Å². The topological polar surface area (TPSA) is 84.7 Å². The number of amides is 1. The third-order valence-corrected chi connectivity index (χ3v) is 5.59. The minimum atomic E-state index is -0.500. The number of nitrogens with zero attached hydrogens (tertiary/aromatic N) is 4. The van der Waals surface area contributed by atoms with Crippen LogP contribution in [-0.4, -0.2) is 59.6 Å². The maximum absolute atomic E-state index is 12.8. The van der Waals surface area contributed by atoms with E-state index in [0.717, 1.165) is 5.69 Å². The highest BCUT2D eigenvalue weighted by Gasteiger charge is 2.22. The van der Waals surface area contributed by atoms with Crippen molar-refractivity contribution in [2.75, 3.05) is 38.2 Å². The average Bonchev–Trinajstić information content (AvgIpc) is 2.80. The molecule has 9 heteroatoms. The Morgan fingerprint density at radius 2 is 1.87 bits per heavy atom. The molecule has 0 atom stereocenters. The number of aromatic nitrogens is 2. The van der Waals surface area contributed by atoms with Gasteiger partial charge in [0.05, 0.1) is 29.9 Å². The van der Waals surface area contributed by atoms with Crippen LogP contribution >= 0.6 is 11.6 Å². The van der Waals surface area contributed by atoms with E-state index < -0.39 is 5.97 Å². The van der Waals surface area contributed by atoms with Crippen molar-refractivity contribution >= 4 is 40.1 Å². The molecule has 160 valence electrons. The van der Waals surface area contributed by atoms with E-state index in [0.29, 0.717) is 47.7 Å². The minimum absolute atomic E-state index is 0.0856. The van der Waals surface area contributed by atoms with Crippen LogP contribution in [0.5, 0.6) is 0 Å². The molecule has 1 aliphatic heterocycles. The summed E-state index contributed by atoms with van der Waals surface area (Å²) in [5.74, 6) is -0.639. The number of esters is 1. The van der Waals surface area contributed by atoms with Gasteiger partial charge in [-0.15, -0.1) is 0 Å². The molecule has 1 saturated heterocycles. The second-order valence-corrected chi connectivity index (χ2v) is 7.69. The van der Waals surface area contributed by atoms with Gasteiger partial charge in [-0.05, 0) is 36.4 Å². The van der Waals surface area contributed by atoms with Crippen LogP contribution in [0.4, 0.5) is 5.69 Å². The van der Waals surface area contributed by atoms with Crippen LogP contribution in [0.2, 0.25) is 5.02 Å². The Balaban J connectivity index is 1.44. The lowest BCUT2D eigenvalue weighted by Gasteiger charge is -2.36. The molecule has 0 aliphatic carbocycles. The first-order chi connectivity index (χ1) is 15.0. The second-order valence-electron chi connectivity index (χ2n) is 7.25. The Kier molecular flexibility index (Phi) is 5.90. The first kappa shape index (κ1) is 20.9. The first-order valence-electron chi connectivity index (χ1n) is 9.82. The van der Waals surface area contributed by atoms with Crippen molar-refractivity contribution in [1.82, 2.24) is 14.5 Å². The molecule has 1 aliphatic rings. The van der Waals surface area contributed by atoms with E-state index in [1.807, 2.05) is 24.3 Å². The summed E-state index contributed by atoms with van der Waals surface area (Å²) in [6, 6.07) is 12.2. The molecule has 0 unspecified atom stereocenters. The Morgan fingerprint density at radius 3 is 2.58 bits per heavy atom. The van der Waals surface area contributed by atoms with Gasteiger partial charge in [0.1, 0.15) is 6.54 Å². The molecule has 1 amide bonds. The number of ether oxygens (including phenoxy) is 1. The monoisotopic (exact) mass is 440 g/mol. The molecular weight excluding hydrogens is 420 g/mol. The van der Waals surface area contributed by atoms with Crippen molar-refractivity contribution in [3.8, 4) is 0 Å². The maximum Gasteiger partial charge on any atom is 0.337 e. The molecule has 4 rings (SSSR count). The number of piperazine rings is 1. The van der Waals surface area contributed by atoms with Crippen molar-refractivity contribution in [3.05, 3.63) is 69.7 Å². The summed E-state index contributed by atoms with van der Waals surface area (Å²) in [6.07, 6.45) is 1.34. The molecule has 8 nitrogen and oxygen atoms in total. The van der Waals surface area contributed by atoms with Crippen LogP contribution < -0.4 is 10.5 Å². The zero-order valence-corrected chi connectivity index (χ0v) is 17.7. The molecule has 0 N–H and O–H groups in total. The third-order valence-electron chi connectivity index (χ3n) is 5.36. The Hall–Kier alpha value is -3.39. The Labute approximate surface area is 183 Å². The summed E-state index contributed by atoms with van der Waals surface area (Å²) in [5, 5.41) is 1.02. The van der Waals surface area contributed by atoms with Crippen molar-refractivity contribution in [3.63, 3.8) is 0 Å². The first-order valence-corrected chi connectivity index (χ1v) is 10.2. The van der Waals surface area contributed by atoms with Gasteiger partial charge in [0, 0.05) is 36.9 Å². The predicted molar refractivity (Wildman–Crippen MR) is 118 cm³/mol. The number of hydrogen-bond acceptors (Lipinski definition) is 6. The largest absolute Gasteiger partial charge is 0.465 e. The summed E-state index contributed by atoms with van der Waals surface area (Å²) in [6.45, 7) is 2.41. The van der Waals surface area contributed by atoms with E-state index in [2.05, 4.69) is 9.88 Å². The minimum Gasteiger partial charge on any atom is -0.465 e. The number of carbonyl (C=O) groups excluding carboxylic acids is 2. The lowest BCUT2D eigenvalue weighted by Crippen LogP contribution is -2.50. The van der Waals surface area contributed by atoms with Gasteiger partial charge in [0.15, 0.2) is 0 Å². The number of hydrogen-bond donors (Lipinski definition) is 0. The zero-order chi connectivity index (χ0) is 22.0. The van der Waals surface area contributed by atoms with Gasteiger partial charge in [-0.1, -0.05) is 17.7 Å². The van der Waals surface area contributed by atoms with E-state index in [4.69, 9.17) is 16.3 Å². The molecule has 0 saturated carbocycles. The lowest BCUT2D eigenvalue weighted by atomic mass is 10.1. The normalized spacial score (nSPS) is 14.0. The summed E-state index contributed by atoms with van der Waals surface area (Å²) in [5.41, 5.74) is 1.40. The van der Waals surface area contributed by atoms with Crippen LogP contribution in [0.15, 0.2) is 53.6 Å². The summed E-state index contributed by atoms with van der Waals surface area (Å²) in [7, 11) is 1.29. The second kappa shape index (κ2) is 8.77. The fourth-order valence-electron chi connectivity index (χ4n) is 3.65. The third kappa shape index (κ3) is 4.39. The van der Waals surface area contributed by atoms with E-state index >= 15 is 0 Å². The zero-order valence-electron chi connectivity index (χ0n) is 17.0. The number of carbonyl (C=O) groups is 2. The van der Waals surface area contributed by atoms with Crippen molar-refractivity contribution < 1.29 is 14.3 Å². The standard InChI is InChI=1S/C22H21ClN4O4/c1-31-22(30)15-5-6-18-19(11-15)24-14-27(21(18)29)13-20(28)26-9-7-25(8-10-26)17-4-2-3-16(23)12-17/h2-6,11-12,14H,7-10,13H2,1H3. The highest BCUT2D eigenvalue weighted by molar-refractivity contribution is 6.30. The van der Waals surface area contributed by atoms with Gasteiger partial charge < -0.3 is 14.5 Å². The quantitative estimate of drug-likeness (QED) is 0.578. The summed E-state index contributed by atoms with van der Waals surface area (Å²) < 4.78 is 5.99. The molecule has 31 heavy (non-hydrogen) atoms. The molecule has 1 fully saturated rings. The summed E-state index contributed by atoms with van der Waals surface area (Å²) >= 11 is 6.07. The fraction of sp³-hybridized carbons (Fsp3) is 0.273. The Bertz CT molecular complexity index is 1200. The van der Waals surface area contributed by atoms with E-state index in [9.17, 15) is 14.4 Å². The SMILES string of the molecule is COC(=O)c1ccc2c(=O)n(CC(=O)N3CCN(c4cccc(Cl)c4)CC3)cnc2c1. The van der Waals surface area contributed by atoms with E-state index in [-0.39, 0.29) is 18.0 Å². The highest BCUT2D eigenvalue weighted by Crippen LogP contribution is 2.21. The molecule has 3 aromatic rings. The molecule has 0 radical (unpaired) electrons. The van der Waals surface area contributed by atoms with Gasteiger partial charge in [-0.2, -0.15) is 0 Å². The van der Waals surface area contributed by atoms with Crippen molar-refractivity contribution in [2.45, 2.75) is 6.54 Å². The average molecular weight is 441 g/mol. The van der Waals surface area contributed by atoms with E-state index in [1.165, 1.54) is 36.2 Å². The van der Waals surface area contributed by atoms with Crippen LogP contribution in [0.25, 0.3) is 10.9 Å². The van der Waals surface area contributed by atoms with Gasteiger partial charge in [0.25, 0.3) is 5.56 Å². The van der Waals surface area contributed by atoms with Gasteiger partial charge in [0.2, 0.25) is 5.91 Å². The summed E-state index contributed by atoms with van der Waals surface area (Å²) in [4.78, 5) is 45.4. The molecule has 1 aromatic heterocycles. The maximum atomic E-state index is 12.8. The fourth-order valence-corrected chi connectivity index (χ4v) is 3.83. The van der Waals surface area contributed by atoms with Crippen LogP contribution in [0.3, 0.4) is 0 Å². The van der Waals surface area contributed by atoms with Crippen LogP contribution in [0, 0.1) is 0 Å². The number of halogens is 1. The van der Waals surface area contributed by atoms with Gasteiger partial charge in [-0.3, -0.25) is 14.2 Å². The number of fused-ring (bicyclic) bond motifs is 1. The van der Waals surface area contributed by atoms with E-state index in [1.54, 1.807) is 4.90 Å². The lowest BCUT2D eigenvalue weighted by molar-refractivity contribution is -0.132. The molecular formula is C22H21ClN4O4. The number of benzene rings is 2. The molecule has 2 aromatic carbocycles.